The van der Waals surface area contributed by atoms with Crippen molar-refractivity contribution in [3.05, 3.63) is 105 Å². The molecule has 1 fully saturated rings. The third kappa shape index (κ3) is 7.51. The van der Waals surface area contributed by atoms with Crippen LogP contribution in [0.5, 0.6) is 11.5 Å². The lowest BCUT2D eigenvalue weighted by molar-refractivity contribution is -0.146. The van der Waals surface area contributed by atoms with E-state index in [9.17, 15) is 4.79 Å². The molecule has 4 aromatic rings. The molecule has 1 aliphatic heterocycles. The zero-order valence-corrected chi connectivity index (χ0v) is 28.8. The first kappa shape index (κ1) is 32.7. The number of rotatable bonds is 11. The fourth-order valence-corrected chi connectivity index (χ4v) is 7.08. The van der Waals surface area contributed by atoms with Crippen LogP contribution in [-0.4, -0.2) is 33.4 Å². The largest absolute Gasteiger partial charge is 0.490 e. The fraction of sp³-hybridized carbons (Fsp3) is 0.395. The molecule has 8 nitrogen and oxygen atoms in total. The quantitative estimate of drug-likeness (QED) is 0.127. The average Bonchev–Trinajstić information content (AvgIpc) is 3.48. The molecule has 0 radical (unpaired) electrons. The van der Waals surface area contributed by atoms with Crippen molar-refractivity contribution in [2.24, 2.45) is 0 Å². The summed E-state index contributed by atoms with van der Waals surface area (Å²) in [5, 5.41) is 8.91. The van der Waals surface area contributed by atoms with E-state index in [0.29, 0.717) is 47.1 Å². The third-order valence-corrected chi connectivity index (χ3v) is 9.92. The lowest BCUT2D eigenvalue weighted by Gasteiger charge is -2.30. The number of hydrogen-bond donors (Lipinski definition) is 1. The van der Waals surface area contributed by atoms with Crippen molar-refractivity contribution in [2.45, 2.75) is 96.4 Å². The number of nitrogens with zero attached hydrogens (tertiary/aromatic N) is 3. The number of carbonyl (C=O) groups is 1. The van der Waals surface area contributed by atoms with Gasteiger partial charge >= 0.3 is 5.97 Å². The molecule has 6 rings (SSSR count). The van der Waals surface area contributed by atoms with E-state index in [2.05, 4.69) is 50.4 Å². The standard InChI is InChI=1S/C38H44N4O4S/c1-6-44-33-21-29(17-18-32(33)45-22-30-20-25(3)24(2)19-26(30)4)35-34(36(43)46-31-15-11-8-12-16-31)27(5)39-37-40-38(41-42(35)37)47-23-28-13-9-7-10-14-28/h7,9-10,13-14,17-21,31,35H,6,8,11-12,15-16,22-23H2,1-5H3,(H,39,40,41). The average molecular weight is 653 g/mol. The number of hydrogen-bond acceptors (Lipinski definition) is 8. The van der Waals surface area contributed by atoms with E-state index >= 15 is 0 Å². The Labute approximate surface area is 281 Å². The second-order valence-electron chi connectivity index (χ2n) is 12.5. The van der Waals surface area contributed by atoms with Crippen LogP contribution in [0.1, 0.15) is 85.4 Å². The molecule has 0 saturated heterocycles. The van der Waals surface area contributed by atoms with Gasteiger partial charge in [0.05, 0.1) is 12.2 Å². The molecule has 47 heavy (non-hydrogen) atoms. The summed E-state index contributed by atoms with van der Waals surface area (Å²) in [5.74, 6) is 2.25. The van der Waals surface area contributed by atoms with Gasteiger partial charge in [-0.2, -0.15) is 4.98 Å². The third-order valence-electron chi connectivity index (χ3n) is 9.01. The van der Waals surface area contributed by atoms with Gasteiger partial charge in [-0.3, -0.25) is 0 Å². The summed E-state index contributed by atoms with van der Waals surface area (Å²) in [6.45, 7) is 11.1. The maximum atomic E-state index is 14.0. The highest BCUT2D eigenvalue weighted by molar-refractivity contribution is 7.98. The molecule has 1 saturated carbocycles. The van der Waals surface area contributed by atoms with Crippen LogP contribution < -0.4 is 14.8 Å². The summed E-state index contributed by atoms with van der Waals surface area (Å²) in [6.07, 6.45) is 5.05. The first-order valence-electron chi connectivity index (χ1n) is 16.6. The smallest absolute Gasteiger partial charge is 0.338 e. The highest BCUT2D eigenvalue weighted by Crippen LogP contribution is 2.41. The van der Waals surface area contributed by atoms with Crippen LogP contribution in [0.2, 0.25) is 0 Å². The SMILES string of the molecule is CCOc1cc(C2C(C(=O)OC3CCCCC3)=C(C)Nc3nc(SCc4ccccc4)nn32)ccc1OCc1cc(C)c(C)cc1C. The molecular formula is C38H44N4O4S. The van der Waals surface area contributed by atoms with Crippen LogP contribution in [0.4, 0.5) is 5.95 Å². The summed E-state index contributed by atoms with van der Waals surface area (Å²) >= 11 is 1.56. The second kappa shape index (κ2) is 14.7. The van der Waals surface area contributed by atoms with Gasteiger partial charge in [-0.25, -0.2) is 9.48 Å². The molecular weight excluding hydrogens is 609 g/mol. The van der Waals surface area contributed by atoms with Gasteiger partial charge in [0.25, 0.3) is 0 Å². The van der Waals surface area contributed by atoms with Crippen molar-refractivity contribution < 1.29 is 19.0 Å². The number of nitrogens with one attached hydrogen (secondary N) is 1. The van der Waals surface area contributed by atoms with E-state index in [4.69, 9.17) is 24.3 Å². The number of fused-ring (bicyclic) bond motifs is 1. The number of aryl methyl sites for hydroxylation is 3. The maximum absolute atomic E-state index is 14.0. The number of carbonyl (C=O) groups excluding carboxylic acids is 1. The molecule has 1 unspecified atom stereocenters. The minimum Gasteiger partial charge on any atom is -0.490 e. The zero-order chi connectivity index (χ0) is 32.9. The van der Waals surface area contributed by atoms with E-state index in [0.717, 1.165) is 42.6 Å². The molecule has 0 amide bonds. The monoisotopic (exact) mass is 652 g/mol. The van der Waals surface area contributed by atoms with Crippen molar-refractivity contribution in [2.75, 3.05) is 11.9 Å². The van der Waals surface area contributed by atoms with E-state index < -0.39 is 6.04 Å². The van der Waals surface area contributed by atoms with Crippen LogP contribution in [0.15, 0.2) is 77.1 Å². The zero-order valence-electron chi connectivity index (χ0n) is 28.0. The van der Waals surface area contributed by atoms with Crippen molar-refractivity contribution >= 4 is 23.7 Å². The predicted molar refractivity (Wildman–Crippen MR) is 186 cm³/mol. The van der Waals surface area contributed by atoms with Gasteiger partial charge in [0.15, 0.2) is 11.5 Å². The molecule has 246 valence electrons. The number of thioether (sulfide) groups is 1. The van der Waals surface area contributed by atoms with Gasteiger partial charge in [-0.15, -0.1) is 5.10 Å². The number of anilines is 1. The molecule has 1 atom stereocenters. The van der Waals surface area contributed by atoms with Crippen molar-refractivity contribution in [3.8, 4) is 11.5 Å². The molecule has 0 bridgehead atoms. The van der Waals surface area contributed by atoms with Gasteiger partial charge < -0.3 is 19.5 Å². The van der Waals surface area contributed by atoms with Crippen molar-refractivity contribution in [1.82, 2.24) is 14.8 Å². The summed E-state index contributed by atoms with van der Waals surface area (Å²) in [7, 11) is 0. The Morgan fingerprint density at radius 3 is 2.45 bits per heavy atom. The first-order valence-corrected chi connectivity index (χ1v) is 17.6. The van der Waals surface area contributed by atoms with E-state index in [1.165, 1.54) is 28.7 Å². The van der Waals surface area contributed by atoms with Crippen molar-refractivity contribution in [1.29, 1.82) is 0 Å². The van der Waals surface area contributed by atoms with Crippen LogP contribution in [-0.2, 0) is 21.9 Å². The van der Waals surface area contributed by atoms with Gasteiger partial charge in [-0.05, 0) is 106 Å². The van der Waals surface area contributed by atoms with Crippen molar-refractivity contribution in [3.63, 3.8) is 0 Å². The van der Waals surface area contributed by atoms with Gasteiger partial charge in [0, 0.05) is 11.4 Å². The van der Waals surface area contributed by atoms with Gasteiger partial charge in [0.2, 0.25) is 11.1 Å². The molecule has 1 aliphatic carbocycles. The molecule has 9 heteroatoms. The summed E-state index contributed by atoms with van der Waals surface area (Å²) < 4.78 is 20.4. The number of aromatic nitrogens is 3. The Kier molecular flexibility index (Phi) is 10.2. The van der Waals surface area contributed by atoms with Crippen LogP contribution in [0, 0.1) is 20.8 Å². The summed E-state index contributed by atoms with van der Waals surface area (Å²) in [5.41, 5.74) is 8.09. The maximum Gasteiger partial charge on any atom is 0.338 e. The second-order valence-corrected chi connectivity index (χ2v) is 13.4. The van der Waals surface area contributed by atoms with Gasteiger partial charge in [0.1, 0.15) is 18.8 Å². The summed E-state index contributed by atoms with van der Waals surface area (Å²) in [4.78, 5) is 18.8. The lowest BCUT2D eigenvalue weighted by Crippen LogP contribution is -2.32. The minimum absolute atomic E-state index is 0.0741. The number of ether oxygens (including phenoxy) is 3. The Balaban J connectivity index is 1.33. The lowest BCUT2D eigenvalue weighted by atomic mass is 9.94. The molecule has 2 heterocycles. The number of benzene rings is 3. The predicted octanol–water partition coefficient (Wildman–Crippen LogP) is 8.64. The highest BCUT2D eigenvalue weighted by atomic mass is 32.2. The molecule has 3 aromatic carbocycles. The molecule has 0 spiro atoms. The molecule has 1 aromatic heterocycles. The van der Waals surface area contributed by atoms with Crippen LogP contribution in [0.25, 0.3) is 0 Å². The topological polar surface area (TPSA) is 87.5 Å². The Bertz CT molecular complexity index is 1760. The number of esters is 1. The Morgan fingerprint density at radius 1 is 0.915 bits per heavy atom. The minimum atomic E-state index is -0.559. The molecule has 1 N–H and O–H groups in total. The van der Waals surface area contributed by atoms with E-state index in [-0.39, 0.29) is 12.1 Å². The first-order chi connectivity index (χ1) is 22.8. The summed E-state index contributed by atoms with van der Waals surface area (Å²) in [6, 6.07) is 20.0. The Morgan fingerprint density at radius 2 is 1.68 bits per heavy atom. The van der Waals surface area contributed by atoms with Crippen LogP contribution >= 0.6 is 11.8 Å². The van der Waals surface area contributed by atoms with Crippen LogP contribution in [0.3, 0.4) is 0 Å². The number of allylic oxidation sites excluding steroid dienone is 1. The Hall–Kier alpha value is -4.24. The normalized spacial score (nSPS) is 16.4. The van der Waals surface area contributed by atoms with Gasteiger partial charge in [-0.1, -0.05) is 66.7 Å². The van der Waals surface area contributed by atoms with E-state index in [1.807, 2.05) is 54.9 Å². The molecule has 2 aliphatic rings. The van der Waals surface area contributed by atoms with E-state index in [1.54, 1.807) is 11.8 Å². The fourth-order valence-electron chi connectivity index (χ4n) is 6.30. The highest BCUT2D eigenvalue weighted by Gasteiger charge is 2.37.